The van der Waals surface area contributed by atoms with E-state index in [1.165, 1.54) is 42.2 Å². The second-order valence-corrected chi connectivity index (χ2v) is 8.21. The van der Waals surface area contributed by atoms with Crippen molar-refractivity contribution in [3.8, 4) is 0 Å². The van der Waals surface area contributed by atoms with Gasteiger partial charge in [0.05, 0.1) is 6.04 Å². The molecular formula is C19H23N3S. The molecule has 0 unspecified atom stereocenters. The van der Waals surface area contributed by atoms with Crippen LogP contribution in [0.4, 0.5) is 5.13 Å². The average molecular weight is 325 g/mol. The lowest BCUT2D eigenvalue weighted by Crippen LogP contribution is -2.60. The Morgan fingerprint density at radius 1 is 1.09 bits per heavy atom. The number of nitrogens with zero attached hydrogens (tertiary/aromatic N) is 3. The standard InChI is InChI=1S/C19H23N3S/c1-13-2-4-14(5-3-13)16-12-22(19-20-8-11-23-19)17-15-6-9-21(10-7-15)18(16)17/h2-5,8,11,15-18H,6-7,9-10,12H2,1H3/t16-,17-,18-/m1/s1. The summed E-state index contributed by atoms with van der Waals surface area (Å²) in [7, 11) is 0. The number of thiazole rings is 1. The molecule has 2 aromatic rings. The molecule has 2 bridgehead atoms. The summed E-state index contributed by atoms with van der Waals surface area (Å²) in [6.45, 7) is 5.88. The van der Waals surface area contributed by atoms with E-state index < -0.39 is 0 Å². The van der Waals surface area contributed by atoms with Crippen molar-refractivity contribution < 1.29 is 0 Å². The van der Waals surface area contributed by atoms with Crippen LogP contribution in [0, 0.1) is 12.8 Å². The van der Waals surface area contributed by atoms with Gasteiger partial charge in [-0.1, -0.05) is 29.8 Å². The van der Waals surface area contributed by atoms with Gasteiger partial charge in [0.15, 0.2) is 5.13 Å². The first-order valence-corrected chi connectivity index (χ1v) is 9.66. The number of fused-ring (bicyclic) bond motifs is 2. The minimum Gasteiger partial charge on any atom is -0.343 e. The molecule has 4 heteroatoms. The van der Waals surface area contributed by atoms with Gasteiger partial charge in [-0.2, -0.15) is 0 Å². The fraction of sp³-hybridized carbons (Fsp3) is 0.526. The van der Waals surface area contributed by atoms with E-state index in [1.807, 2.05) is 6.20 Å². The maximum absolute atomic E-state index is 4.64. The molecule has 6 rings (SSSR count). The number of rotatable bonds is 2. The van der Waals surface area contributed by atoms with E-state index >= 15 is 0 Å². The molecule has 0 saturated carbocycles. The highest BCUT2D eigenvalue weighted by Crippen LogP contribution is 2.48. The van der Waals surface area contributed by atoms with Crippen molar-refractivity contribution in [1.29, 1.82) is 0 Å². The van der Waals surface area contributed by atoms with E-state index in [2.05, 4.69) is 51.4 Å². The van der Waals surface area contributed by atoms with Gasteiger partial charge in [-0.3, -0.25) is 4.90 Å². The van der Waals surface area contributed by atoms with Crippen LogP contribution < -0.4 is 4.90 Å². The molecule has 1 aromatic heterocycles. The van der Waals surface area contributed by atoms with Crippen molar-refractivity contribution in [3.05, 3.63) is 47.0 Å². The van der Waals surface area contributed by atoms with Gasteiger partial charge in [-0.25, -0.2) is 4.98 Å². The predicted molar refractivity (Wildman–Crippen MR) is 95.3 cm³/mol. The van der Waals surface area contributed by atoms with Crippen molar-refractivity contribution in [3.63, 3.8) is 0 Å². The molecule has 3 atom stereocenters. The SMILES string of the molecule is Cc1ccc([C@H]2CN(c3nccs3)[C@@H]3C4CCN(CC4)[C@H]23)cc1. The highest BCUT2D eigenvalue weighted by Gasteiger charge is 2.53. The van der Waals surface area contributed by atoms with E-state index in [0.717, 1.165) is 12.5 Å². The van der Waals surface area contributed by atoms with Crippen LogP contribution in [0.2, 0.25) is 0 Å². The van der Waals surface area contributed by atoms with Crippen molar-refractivity contribution in [1.82, 2.24) is 9.88 Å². The molecule has 0 amide bonds. The summed E-state index contributed by atoms with van der Waals surface area (Å²) < 4.78 is 0. The van der Waals surface area contributed by atoms with Crippen molar-refractivity contribution >= 4 is 16.5 Å². The molecular weight excluding hydrogens is 302 g/mol. The zero-order valence-electron chi connectivity index (χ0n) is 13.6. The van der Waals surface area contributed by atoms with Gasteiger partial charge in [0.2, 0.25) is 0 Å². The Labute approximate surface area is 142 Å². The van der Waals surface area contributed by atoms with Gasteiger partial charge in [-0.05, 0) is 44.3 Å². The number of anilines is 1. The van der Waals surface area contributed by atoms with Gasteiger partial charge >= 0.3 is 0 Å². The second-order valence-electron chi connectivity index (χ2n) is 7.34. The predicted octanol–water partition coefficient (Wildman–Crippen LogP) is 3.52. The summed E-state index contributed by atoms with van der Waals surface area (Å²) in [6, 6.07) is 10.6. The second kappa shape index (κ2) is 5.32. The highest BCUT2D eigenvalue weighted by atomic mass is 32.1. The van der Waals surface area contributed by atoms with Crippen LogP contribution in [0.25, 0.3) is 0 Å². The normalized spacial score (nSPS) is 35.5. The zero-order chi connectivity index (χ0) is 15.4. The molecule has 4 saturated heterocycles. The number of piperidine rings is 3. The fourth-order valence-electron chi connectivity index (χ4n) is 5.11. The molecule has 4 aliphatic heterocycles. The molecule has 1 aromatic carbocycles. The molecule has 3 nitrogen and oxygen atoms in total. The smallest absolute Gasteiger partial charge is 0.185 e. The maximum atomic E-state index is 4.64. The minimum atomic E-state index is 0.618. The fourth-order valence-corrected chi connectivity index (χ4v) is 5.80. The first-order chi connectivity index (χ1) is 11.3. The zero-order valence-corrected chi connectivity index (χ0v) is 14.4. The average Bonchev–Trinajstić information content (AvgIpc) is 3.25. The number of aryl methyl sites for hydroxylation is 1. The number of hydrogen-bond acceptors (Lipinski definition) is 4. The summed E-state index contributed by atoms with van der Waals surface area (Å²) in [4.78, 5) is 10.0. The van der Waals surface area contributed by atoms with E-state index in [1.54, 1.807) is 11.3 Å². The lowest BCUT2D eigenvalue weighted by Gasteiger charge is -2.51. The van der Waals surface area contributed by atoms with Gasteiger partial charge in [0.25, 0.3) is 0 Å². The summed E-state index contributed by atoms with van der Waals surface area (Å²) >= 11 is 1.80. The van der Waals surface area contributed by atoms with Gasteiger partial charge in [0, 0.05) is 30.1 Å². The topological polar surface area (TPSA) is 19.4 Å². The maximum Gasteiger partial charge on any atom is 0.185 e. The third-order valence-corrected chi connectivity index (χ3v) is 6.97. The van der Waals surface area contributed by atoms with Crippen LogP contribution in [-0.2, 0) is 0 Å². The summed E-state index contributed by atoms with van der Waals surface area (Å²) in [6.07, 6.45) is 4.68. The summed E-state index contributed by atoms with van der Waals surface area (Å²) in [5.41, 5.74) is 2.86. The molecule has 4 fully saturated rings. The Morgan fingerprint density at radius 3 is 2.57 bits per heavy atom. The van der Waals surface area contributed by atoms with Crippen LogP contribution in [-0.4, -0.2) is 41.6 Å². The molecule has 0 aliphatic carbocycles. The Morgan fingerprint density at radius 2 is 1.87 bits per heavy atom. The van der Waals surface area contributed by atoms with Gasteiger partial charge < -0.3 is 4.90 Å². The third-order valence-electron chi connectivity index (χ3n) is 6.16. The number of benzene rings is 1. The molecule has 0 radical (unpaired) electrons. The minimum absolute atomic E-state index is 0.618. The Hall–Kier alpha value is -1.39. The monoisotopic (exact) mass is 325 g/mol. The molecule has 5 heterocycles. The molecule has 0 N–H and O–H groups in total. The largest absolute Gasteiger partial charge is 0.343 e. The Bertz CT molecular complexity index is 673. The van der Waals surface area contributed by atoms with Crippen LogP contribution in [0.3, 0.4) is 0 Å². The first kappa shape index (κ1) is 14.0. The van der Waals surface area contributed by atoms with E-state index in [0.29, 0.717) is 18.0 Å². The van der Waals surface area contributed by atoms with Crippen LogP contribution in [0.15, 0.2) is 35.8 Å². The number of hydrogen-bond donors (Lipinski definition) is 0. The molecule has 4 aliphatic rings. The van der Waals surface area contributed by atoms with Crippen molar-refractivity contribution in [2.24, 2.45) is 5.92 Å². The molecule has 120 valence electrons. The lowest BCUT2D eigenvalue weighted by molar-refractivity contribution is 0.0356. The first-order valence-electron chi connectivity index (χ1n) is 8.78. The van der Waals surface area contributed by atoms with E-state index in [-0.39, 0.29) is 0 Å². The number of aromatic nitrogens is 1. The quantitative estimate of drug-likeness (QED) is 0.842. The van der Waals surface area contributed by atoms with E-state index in [9.17, 15) is 0 Å². The molecule has 0 spiro atoms. The summed E-state index contributed by atoms with van der Waals surface area (Å²) in [5.74, 6) is 1.47. The van der Waals surface area contributed by atoms with Crippen LogP contribution >= 0.6 is 11.3 Å². The lowest BCUT2D eigenvalue weighted by atomic mass is 9.75. The Kier molecular flexibility index (Phi) is 3.24. The Balaban J connectivity index is 1.55. The van der Waals surface area contributed by atoms with E-state index in [4.69, 9.17) is 0 Å². The third kappa shape index (κ3) is 2.15. The summed E-state index contributed by atoms with van der Waals surface area (Å²) in [5, 5.41) is 3.34. The molecule has 23 heavy (non-hydrogen) atoms. The van der Waals surface area contributed by atoms with Gasteiger partial charge in [-0.15, -0.1) is 11.3 Å². The van der Waals surface area contributed by atoms with Crippen molar-refractivity contribution in [2.45, 2.75) is 37.8 Å². The van der Waals surface area contributed by atoms with Crippen LogP contribution in [0.5, 0.6) is 0 Å². The highest BCUT2D eigenvalue weighted by molar-refractivity contribution is 7.13. The van der Waals surface area contributed by atoms with Crippen LogP contribution in [0.1, 0.15) is 29.9 Å². The van der Waals surface area contributed by atoms with Gasteiger partial charge in [0.1, 0.15) is 0 Å². The van der Waals surface area contributed by atoms with Crippen molar-refractivity contribution in [2.75, 3.05) is 24.5 Å².